The van der Waals surface area contributed by atoms with Gasteiger partial charge in [-0.2, -0.15) is 0 Å². The van der Waals surface area contributed by atoms with Crippen LogP contribution in [0.4, 0.5) is 5.69 Å². The van der Waals surface area contributed by atoms with E-state index in [2.05, 4.69) is 10.6 Å². The maximum atomic E-state index is 12.1. The van der Waals surface area contributed by atoms with Gasteiger partial charge in [-0.1, -0.05) is 6.07 Å². The van der Waals surface area contributed by atoms with Gasteiger partial charge in [-0.15, -0.1) is 0 Å². The smallest absolute Gasteiger partial charge is 0.321 e. The minimum atomic E-state index is -0.970. The highest BCUT2D eigenvalue weighted by atomic mass is 16.5. The Bertz CT molecular complexity index is 529. The Labute approximate surface area is 129 Å². The summed E-state index contributed by atoms with van der Waals surface area (Å²) < 4.78 is 5.09. The quantitative estimate of drug-likeness (QED) is 0.704. The van der Waals surface area contributed by atoms with Crippen LogP contribution in [0, 0.1) is 0 Å². The van der Waals surface area contributed by atoms with Crippen molar-refractivity contribution in [3.63, 3.8) is 0 Å². The van der Waals surface area contributed by atoms with Crippen molar-refractivity contribution in [2.75, 3.05) is 38.6 Å². The van der Waals surface area contributed by atoms with Crippen molar-refractivity contribution in [2.24, 2.45) is 0 Å². The van der Waals surface area contributed by atoms with Gasteiger partial charge in [0.25, 0.3) is 0 Å². The number of carbonyl (C=O) groups excluding carboxylic acids is 1. The Morgan fingerprint density at radius 3 is 2.77 bits per heavy atom. The topological polar surface area (TPSA) is 90.9 Å². The van der Waals surface area contributed by atoms with Crippen molar-refractivity contribution < 1.29 is 19.4 Å². The normalized spacial score (nSPS) is 16.8. The number of ether oxygens (including phenoxy) is 1. The van der Waals surface area contributed by atoms with E-state index in [-0.39, 0.29) is 12.3 Å². The first-order valence-electron chi connectivity index (χ1n) is 7.21. The summed E-state index contributed by atoms with van der Waals surface area (Å²) in [4.78, 5) is 25.4. The first kappa shape index (κ1) is 16.3. The standard InChI is InChI=1S/C15H21N3O4/c1-22-12-4-2-3-11(9-12)17-14(19)10-13(15(20)21)18-7-5-16-6-8-18/h2-4,9,13,16H,5-8,10H2,1H3,(H,17,19)(H,20,21)/t13-/m1/s1. The molecule has 1 saturated heterocycles. The monoisotopic (exact) mass is 307 g/mol. The molecule has 0 aliphatic carbocycles. The van der Waals surface area contributed by atoms with Crippen LogP contribution in [0.3, 0.4) is 0 Å². The molecule has 7 heteroatoms. The van der Waals surface area contributed by atoms with Gasteiger partial charge in [0, 0.05) is 37.9 Å². The highest BCUT2D eigenvalue weighted by Crippen LogP contribution is 2.17. The number of nitrogens with one attached hydrogen (secondary N) is 2. The summed E-state index contributed by atoms with van der Waals surface area (Å²) >= 11 is 0. The molecule has 1 aromatic rings. The Hall–Kier alpha value is -2.12. The number of rotatable bonds is 6. The summed E-state index contributed by atoms with van der Waals surface area (Å²) in [6.07, 6.45) is -0.0768. The van der Waals surface area contributed by atoms with E-state index in [4.69, 9.17) is 4.74 Å². The number of aliphatic carboxylic acids is 1. The molecule has 0 saturated carbocycles. The van der Waals surface area contributed by atoms with Gasteiger partial charge in [0.1, 0.15) is 11.8 Å². The number of carbonyl (C=O) groups is 2. The molecule has 1 amide bonds. The van der Waals surface area contributed by atoms with E-state index >= 15 is 0 Å². The summed E-state index contributed by atoms with van der Waals surface area (Å²) in [6.45, 7) is 2.73. The fourth-order valence-electron chi connectivity index (χ4n) is 2.45. The lowest BCUT2D eigenvalue weighted by Crippen LogP contribution is -2.52. The van der Waals surface area contributed by atoms with Crippen LogP contribution in [-0.2, 0) is 9.59 Å². The maximum absolute atomic E-state index is 12.1. The van der Waals surface area contributed by atoms with E-state index in [1.165, 1.54) is 0 Å². The van der Waals surface area contributed by atoms with Crippen LogP contribution < -0.4 is 15.4 Å². The number of nitrogens with zero attached hydrogens (tertiary/aromatic N) is 1. The second-order valence-corrected chi connectivity index (χ2v) is 5.12. The minimum absolute atomic E-state index is 0.0768. The number of amides is 1. The summed E-state index contributed by atoms with van der Waals surface area (Å²) in [6, 6.07) is 6.17. The van der Waals surface area contributed by atoms with Crippen molar-refractivity contribution >= 4 is 17.6 Å². The van der Waals surface area contributed by atoms with E-state index in [9.17, 15) is 14.7 Å². The molecule has 7 nitrogen and oxygen atoms in total. The number of hydrogen-bond acceptors (Lipinski definition) is 5. The third-order valence-electron chi connectivity index (χ3n) is 3.61. The predicted molar refractivity (Wildman–Crippen MR) is 82.1 cm³/mol. The molecule has 1 aromatic carbocycles. The first-order chi connectivity index (χ1) is 10.6. The van der Waals surface area contributed by atoms with Gasteiger partial charge in [0.15, 0.2) is 0 Å². The Balaban J connectivity index is 1.96. The molecule has 0 radical (unpaired) electrons. The molecule has 22 heavy (non-hydrogen) atoms. The van der Waals surface area contributed by atoms with Crippen LogP contribution in [0.15, 0.2) is 24.3 Å². The number of methoxy groups -OCH3 is 1. The third kappa shape index (κ3) is 4.44. The Morgan fingerprint density at radius 1 is 1.41 bits per heavy atom. The van der Waals surface area contributed by atoms with Crippen molar-refractivity contribution in [1.29, 1.82) is 0 Å². The zero-order valence-electron chi connectivity index (χ0n) is 12.5. The third-order valence-corrected chi connectivity index (χ3v) is 3.61. The van der Waals surface area contributed by atoms with Gasteiger partial charge in [0.2, 0.25) is 5.91 Å². The average Bonchev–Trinajstić information content (AvgIpc) is 2.53. The summed E-state index contributed by atoms with van der Waals surface area (Å²) in [5.41, 5.74) is 0.591. The molecular formula is C15H21N3O4. The molecule has 3 N–H and O–H groups in total. The van der Waals surface area contributed by atoms with Crippen molar-refractivity contribution in [3.05, 3.63) is 24.3 Å². The lowest BCUT2D eigenvalue weighted by molar-refractivity contribution is -0.145. The van der Waals surface area contributed by atoms with Gasteiger partial charge in [-0.25, -0.2) is 0 Å². The SMILES string of the molecule is COc1cccc(NC(=O)C[C@H](C(=O)O)N2CCNCC2)c1. The van der Waals surface area contributed by atoms with Crippen molar-refractivity contribution in [2.45, 2.75) is 12.5 Å². The van der Waals surface area contributed by atoms with E-state index < -0.39 is 12.0 Å². The largest absolute Gasteiger partial charge is 0.497 e. The Morgan fingerprint density at radius 2 is 2.14 bits per heavy atom. The number of carboxylic acids is 1. The number of piperazine rings is 1. The zero-order chi connectivity index (χ0) is 15.9. The highest BCUT2D eigenvalue weighted by Gasteiger charge is 2.29. The molecule has 0 unspecified atom stereocenters. The second kappa shape index (κ2) is 7.77. The van der Waals surface area contributed by atoms with Gasteiger partial charge in [0.05, 0.1) is 13.5 Å². The number of hydrogen-bond donors (Lipinski definition) is 3. The number of carboxylic acid groups (broad SMARTS) is 1. The summed E-state index contributed by atoms with van der Waals surface area (Å²) in [5.74, 6) is -0.656. The van der Waals surface area contributed by atoms with Crippen LogP contribution in [0.1, 0.15) is 6.42 Å². The molecule has 1 aliphatic rings. The lowest BCUT2D eigenvalue weighted by Gasteiger charge is -2.32. The van der Waals surface area contributed by atoms with E-state index in [0.717, 1.165) is 13.1 Å². The molecule has 0 spiro atoms. The number of benzene rings is 1. The molecule has 1 heterocycles. The van der Waals surface area contributed by atoms with Crippen LogP contribution in [0.5, 0.6) is 5.75 Å². The van der Waals surface area contributed by atoms with E-state index in [0.29, 0.717) is 24.5 Å². The molecule has 1 aliphatic heterocycles. The molecule has 120 valence electrons. The number of anilines is 1. The predicted octanol–water partition coefficient (Wildman–Crippen LogP) is 0.382. The fourth-order valence-corrected chi connectivity index (χ4v) is 2.45. The summed E-state index contributed by atoms with van der Waals surface area (Å²) in [5, 5.41) is 15.2. The molecule has 1 atom stereocenters. The first-order valence-corrected chi connectivity index (χ1v) is 7.21. The Kier molecular flexibility index (Phi) is 5.74. The van der Waals surface area contributed by atoms with Crippen LogP contribution in [-0.4, -0.2) is 61.2 Å². The van der Waals surface area contributed by atoms with Gasteiger partial charge >= 0.3 is 5.97 Å². The lowest BCUT2D eigenvalue weighted by atomic mass is 10.1. The maximum Gasteiger partial charge on any atom is 0.321 e. The molecule has 2 rings (SSSR count). The summed E-state index contributed by atoms with van der Waals surface area (Å²) in [7, 11) is 1.55. The molecule has 1 fully saturated rings. The van der Waals surface area contributed by atoms with Gasteiger partial charge in [-0.05, 0) is 12.1 Å². The minimum Gasteiger partial charge on any atom is -0.497 e. The highest BCUT2D eigenvalue weighted by molar-refractivity contribution is 5.94. The van der Waals surface area contributed by atoms with Crippen LogP contribution in [0.2, 0.25) is 0 Å². The van der Waals surface area contributed by atoms with E-state index in [1.54, 1.807) is 31.4 Å². The second-order valence-electron chi connectivity index (χ2n) is 5.12. The molecule has 0 bridgehead atoms. The van der Waals surface area contributed by atoms with Gasteiger partial charge in [-0.3, -0.25) is 14.5 Å². The average molecular weight is 307 g/mol. The van der Waals surface area contributed by atoms with Crippen molar-refractivity contribution in [1.82, 2.24) is 10.2 Å². The fraction of sp³-hybridized carbons (Fsp3) is 0.467. The van der Waals surface area contributed by atoms with Crippen LogP contribution >= 0.6 is 0 Å². The van der Waals surface area contributed by atoms with Crippen LogP contribution in [0.25, 0.3) is 0 Å². The van der Waals surface area contributed by atoms with E-state index in [1.807, 2.05) is 4.90 Å². The zero-order valence-corrected chi connectivity index (χ0v) is 12.5. The molecular weight excluding hydrogens is 286 g/mol. The van der Waals surface area contributed by atoms with Gasteiger partial charge < -0.3 is 20.5 Å². The van der Waals surface area contributed by atoms with Crippen molar-refractivity contribution in [3.8, 4) is 5.75 Å². The molecule has 0 aromatic heterocycles.